The molecule has 6 nitrogen and oxygen atoms in total. The van der Waals surface area contributed by atoms with Crippen LogP contribution in [0.15, 0.2) is 30.3 Å². The predicted octanol–water partition coefficient (Wildman–Crippen LogP) is 1.46. The van der Waals surface area contributed by atoms with E-state index in [1.807, 2.05) is 18.2 Å². The topological polar surface area (TPSA) is 87.3 Å². The fourth-order valence-electron chi connectivity index (χ4n) is 2.57. The second-order valence-corrected chi connectivity index (χ2v) is 6.40. The third-order valence-electron chi connectivity index (χ3n) is 4.15. The quantitative estimate of drug-likeness (QED) is 0.665. The van der Waals surface area contributed by atoms with Gasteiger partial charge in [-0.05, 0) is 23.8 Å². The van der Waals surface area contributed by atoms with Crippen molar-refractivity contribution in [3.8, 4) is 0 Å². The second kappa shape index (κ2) is 7.26. The summed E-state index contributed by atoms with van der Waals surface area (Å²) in [6, 6.07) is 9.08. The minimum atomic E-state index is -0.603. The molecule has 1 saturated heterocycles. The highest BCUT2D eigenvalue weighted by atomic mass is 16.2. The van der Waals surface area contributed by atoms with E-state index in [1.54, 1.807) is 0 Å². The summed E-state index contributed by atoms with van der Waals surface area (Å²) in [6.45, 7) is 4.86. The van der Waals surface area contributed by atoms with Gasteiger partial charge in [-0.25, -0.2) is 4.79 Å². The number of hydrogen-bond donors (Lipinski definition) is 3. The molecular formula is C17H23N3O3. The van der Waals surface area contributed by atoms with Crippen molar-refractivity contribution in [3.63, 3.8) is 0 Å². The summed E-state index contributed by atoms with van der Waals surface area (Å²) >= 11 is 0. The zero-order chi connectivity index (χ0) is 16.9. The van der Waals surface area contributed by atoms with Crippen molar-refractivity contribution in [1.82, 2.24) is 16.0 Å². The van der Waals surface area contributed by atoms with Crippen molar-refractivity contribution >= 4 is 17.8 Å². The van der Waals surface area contributed by atoms with Crippen molar-refractivity contribution in [1.29, 1.82) is 0 Å². The normalized spacial score (nSPS) is 17.6. The lowest BCUT2D eigenvalue weighted by atomic mass is 9.81. The van der Waals surface area contributed by atoms with Gasteiger partial charge in [-0.2, -0.15) is 0 Å². The Morgan fingerprint density at radius 3 is 2.52 bits per heavy atom. The van der Waals surface area contributed by atoms with Crippen LogP contribution in [-0.4, -0.2) is 30.4 Å². The molecule has 0 aromatic heterocycles. The number of imide groups is 1. The van der Waals surface area contributed by atoms with E-state index in [9.17, 15) is 14.4 Å². The highest BCUT2D eigenvalue weighted by Gasteiger charge is 2.29. The molecular weight excluding hydrogens is 294 g/mol. The molecule has 6 heteroatoms. The second-order valence-electron chi connectivity index (χ2n) is 6.40. The maximum absolute atomic E-state index is 11.9. The zero-order valence-electron chi connectivity index (χ0n) is 13.5. The first-order valence-electron chi connectivity index (χ1n) is 7.82. The number of carbonyl (C=O) groups excluding carboxylic acids is 3. The number of urea groups is 1. The van der Waals surface area contributed by atoms with Gasteiger partial charge in [-0.1, -0.05) is 44.2 Å². The number of rotatable bonds is 7. The summed E-state index contributed by atoms with van der Waals surface area (Å²) in [4.78, 5) is 34.2. The maximum Gasteiger partial charge on any atom is 0.322 e. The number of nitrogens with one attached hydrogen (secondary N) is 3. The molecule has 0 saturated carbocycles. The van der Waals surface area contributed by atoms with E-state index in [0.717, 1.165) is 6.42 Å². The first kappa shape index (κ1) is 17.0. The van der Waals surface area contributed by atoms with Gasteiger partial charge in [-0.3, -0.25) is 14.9 Å². The van der Waals surface area contributed by atoms with E-state index < -0.39 is 12.1 Å². The number of amides is 4. The van der Waals surface area contributed by atoms with Gasteiger partial charge in [0.15, 0.2) is 0 Å². The Labute approximate surface area is 136 Å². The van der Waals surface area contributed by atoms with Crippen LogP contribution in [0.4, 0.5) is 4.79 Å². The summed E-state index contributed by atoms with van der Waals surface area (Å²) in [6.07, 6.45) is 1.35. The van der Waals surface area contributed by atoms with Crippen LogP contribution in [0.5, 0.6) is 0 Å². The van der Waals surface area contributed by atoms with Crippen LogP contribution in [0.1, 0.15) is 38.7 Å². The highest BCUT2D eigenvalue weighted by molar-refractivity contribution is 6.04. The van der Waals surface area contributed by atoms with Gasteiger partial charge in [0.1, 0.15) is 6.04 Å². The Morgan fingerprint density at radius 2 is 1.91 bits per heavy atom. The molecule has 1 aromatic carbocycles. The molecule has 124 valence electrons. The van der Waals surface area contributed by atoms with Crippen molar-refractivity contribution < 1.29 is 14.4 Å². The molecule has 1 unspecified atom stereocenters. The van der Waals surface area contributed by atoms with Gasteiger partial charge in [0.05, 0.1) is 0 Å². The first-order chi connectivity index (χ1) is 10.9. The number of hydrogen-bond acceptors (Lipinski definition) is 3. The predicted molar refractivity (Wildman–Crippen MR) is 86.8 cm³/mol. The molecule has 1 heterocycles. The van der Waals surface area contributed by atoms with Crippen molar-refractivity contribution in [2.75, 3.05) is 6.54 Å². The van der Waals surface area contributed by atoms with Crippen LogP contribution in [0, 0.1) is 0 Å². The summed E-state index contributed by atoms with van der Waals surface area (Å²) < 4.78 is 0. The summed E-state index contributed by atoms with van der Waals surface area (Å²) in [5.74, 6) is -0.476. The third kappa shape index (κ3) is 4.81. The molecule has 1 fully saturated rings. The first-order valence-corrected chi connectivity index (χ1v) is 7.82. The van der Waals surface area contributed by atoms with Crippen molar-refractivity contribution in [3.05, 3.63) is 35.9 Å². The molecule has 3 N–H and O–H groups in total. The Morgan fingerprint density at radius 1 is 1.22 bits per heavy atom. The van der Waals surface area contributed by atoms with Crippen LogP contribution in [0.2, 0.25) is 0 Å². The zero-order valence-corrected chi connectivity index (χ0v) is 13.5. The largest absolute Gasteiger partial charge is 0.356 e. The van der Waals surface area contributed by atoms with Gasteiger partial charge in [0, 0.05) is 13.0 Å². The third-order valence-corrected chi connectivity index (χ3v) is 4.15. The van der Waals surface area contributed by atoms with Gasteiger partial charge in [0.2, 0.25) is 5.91 Å². The molecule has 1 aliphatic rings. The van der Waals surface area contributed by atoms with E-state index in [0.29, 0.717) is 13.0 Å². The molecule has 0 radical (unpaired) electrons. The molecule has 1 aromatic rings. The lowest BCUT2D eigenvalue weighted by molar-refractivity contribution is -0.122. The fraction of sp³-hybridized carbons (Fsp3) is 0.471. The standard InChI is InChI=1S/C17H23N3O3/c1-17(2,12-6-4-3-5-7-12)10-11-18-14(21)9-8-13-15(22)20-16(23)19-13/h3-7,13H,8-11H2,1-2H3,(H,18,21)(H2,19,20,22,23). The van der Waals surface area contributed by atoms with Crippen molar-refractivity contribution in [2.24, 2.45) is 0 Å². The number of benzene rings is 1. The monoisotopic (exact) mass is 317 g/mol. The van der Waals surface area contributed by atoms with Crippen LogP contribution in [0.25, 0.3) is 0 Å². The lowest BCUT2D eigenvalue weighted by Gasteiger charge is -2.25. The minimum absolute atomic E-state index is 0.0200. The SMILES string of the molecule is CC(C)(CCNC(=O)CCC1NC(=O)NC1=O)c1ccccc1. The van der Waals surface area contributed by atoms with Gasteiger partial charge >= 0.3 is 6.03 Å². The molecule has 1 aliphatic heterocycles. The smallest absolute Gasteiger partial charge is 0.322 e. The molecule has 0 spiro atoms. The van der Waals surface area contributed by atoms with Gasteiger partial charge < -0.3 is 10.6 Å². The molecule has 1 atom stereocenters. The average molecular weight is 317 g/mol. The van der Waals surface area contributed by atoms with Crippen LogP contribution in [0.3, 0.4) is 0 Å². The van der Waals surface area contributed by atoms with E-state index >= 15 is 0 Å². The molecule has 4 amide bonds. The van der Waals surface area contributed by atoms with Crippen LogP contribution in [-0.2, 0) is 15.0 Å². The lowest BCUT2D eigenvalue weighted by Crippen LogP contribution is -2.33. The van der Waals surface area contributed by atoms with E-state index in [-0.39, 0.29) is 23.7 Å². The fourth-order valence-corrected chi connectivity index (χ4v) is 2.57. The molecule has 0 aliphatic carbocycles. The Bertz CT molecular complexity index is 584. The van der Waals surface area contributed by atoms with Crippen LogP contribution >= 0.6 is 0 Å². The Hall–Kier alpha value is -2.37. The Kier molecular flexibility index (Phi) is 5.36. The maximum atomic E-state index is 11.9. The van der Waals surface area contributed by atoms with Gasteiger partial charge in [0.25, 0.3) is 5.91 Å². The van der Waals surface area contributed by atoms with E-state index in [4.69, 9.17) is 0 Å². The van der Waals surface area contributed by atoms with Crippen molar-refractivity contribution in [2.45, 2.75) is 44.6 Å². The summed E-state index contributed by atoms with van der Waals surface area (Å²) in [5.41, 5.74) is 1.22. The molecule has 0 bridgehead atoms. The van der Waals surface area contributed by atoms with E-state index in [2.05, 4.69) is 41.9 Å². The Balaban J connectivity index is 1.70. The van der Waals surface area contributed by atoms with E-state index in [1.165, 1.54) is 5.56 Å². The summed E-state index contributed by atoms with van der Waals surface area (Å²) in [5, 5.41) is 7.51. The number of carbonyl (C=O) groups is 3. The van der Waals surface area contributed by atoms with Crippen LogP contribution < -0.4 is 16.0 Å². The average Bonchev–Trinajstić information content (AvgIpc) is 2.84. The molecule has 2 rings (SSSR count). The van der Waals surface area contributed by atoms with Gasteiger partial charge in [-0.15, -0.1) is 0 Å². The summed E-state index contributed by atoms with van der Waals surface area (Å²) in [7, 11) is 0. The minimum Gasteiger partial charge on any atom is -0.356 e. The highest BCUT2D eigenvalue weighted by Crippen LogP contribution is 2.25. The molecule has 23 heavy (non-hydrogen) atoms.